The van der Waals surface area contributed by atoms with Gasteiger partial charge in [0.05, 0.1) is 0 Å². The van der Waals surface area contributed by atoms with Gasteiger partial charge >= 0.3 is 0 Å². The fourth-order valence-electron chi connectivity index (χ4n) is 0.671. The Bertz CT molecular complexity index is 260. The average molecular weight is 194 g/mol. The Hall–Kier alpha value is -0.565. The Kier molecular flexibility index (Phi) is 2.27. The maximum atomic E-state index is 6.96. The Morgan fingerprint density at radius 2 is 2.20 bits per heavy atom. The number of halogens is 1. The van der Waals surface area contributed by atoms with Gasteiger partial charge in [0.15, 0.2) is 0 Å². The van der Waals surface area contributed by atoms with Gasteiger partial charge in [0.25, 0.3) is 0 Å². The smallest absolute Gasteiger partial charge is 0.114 e. The molecule has 0 spiro atoms. The molecule has 0 bridgehead atoms. The van der Waals surface area contributed by atoms with Gasteiger partial charge in [-0.1, -0.05) is 27.5 Å². The number of hydrogen-bond acceptors (Lipinski definition) is 1. The summed E-state index contributed by atoms with van der Waals surface area (Å²) >= 11 is 3.28. The van der Waals surface area contributed by atoms with Crippen molar-refractivity contribution in [3.63, 3.8) is 0 Å². The van der Waals surface area contributed by atoms with Crippen molar-refractivity contribution in [3.8, 4) is 0 Å². The molecule has 0 fully saturated rings. The zero-order chi connectivity index (χ0) is 7.56. The highest BCUT2D eigenvalue weighted by Crippen LogP contribution is 2.07. The van der Waals surface area contributed by atoms with Crippen LogP contribution in [0.5, 0.6) is 0 Å². The lowest BCUT2D eigenvalue weighted by Crippen LogP contribution is -2.08. The van der Waals surface area contributed by atoms with Crippen molar-refractivity contribution in [1.29, 1.82) is 5.41 Å². The van der Waals surface area contributed by atoms with E-state index in [4.69, 9.17) is 13.3 Å². The van der Waals surface area contributed by atoms with E-state index < -0.39 is 0 Å². The second-order valence-electron chi connectivity index (χ2n) is 1.92. The van der Waals surface area contributed by atoms with Gasteiger partial charge in [-0.2, -0.15) is 0 Å². The summed E-state index contributed by atoms with van der Waals surface area (Å²) in [5, 5.41) is 6.96. The molecule has 3 heteroatoms. The molecule has 1 aromatic carbocycles. The van der Waals surface area contributed by atoms with Crippen LogP contribution < -0.4 is 5.46 Å². The van der Waals surface area contributed by atoms with Crippen LogP contribution in [0.25, 0.3) is 0 Å². The molecule has 0 saturated heterocycles. The lowest BCUT2D eigenvalue weighted by Gasteiger charge is -1.98. The van der Waals surface area contributed by atoms with Crippen LogP contribution in [-0.2, 0) is 0 Å². The molecule has 1 rings (SSSR count). The highest BCUT2D eigenvalue weighted by molar-refractivity contribution is 9.10. The van der Waals surface area contributed by atoms with E-state index in [2.05, 4.69) is 15.9 Å². The first-order valence-electron chi connectivity index (χ1n) is 2.79. The average Bonchev–Trinajstić information content (AvgIpc) is 1.94. The van der Waals surface area contributed by atoms with Gasteiger partial charge in [0, 0.05) is 10.7 Å². The lowest BCUT2D eigenvalue weighted by atomic mass is 9.91. The third-order valence-corrected chi connectivity index (χ3v) is 1.70. The van der Waals surface area contributed by atoms with Crippen LogP contribution in [0.3, 0.4) is 0 Å². The van der Waals surface area contributed by atoms with Crippen LogP contribution in [0.4, 0.5) is 0 Å². The minimum Gasteiger partial charge on any atom is -0.308 e. The zero-order valence-electron chi connectivity index (χ0n) is 5.26. The van der Waals surface area contributed by atoms with Gasteiger partial charge in [-0.3, -0.25) is 0 Å². The standard InChI is InChI=1S/C7H5BBrN/c8-7-2-1-6(9)3-5(7)4-10/h1-4,10H. The Morgan fingerprint density at radius 3 is 2.70 bits per heavy atom. The van der Waals surface area contributed by atoms with Crippen molar-refractivity contribution in [2.75, 3.05) is 0 Å². The Morgan fingerprint density at radius 1 is 1.50 bits per heavy atom. The highest BCUT2D eigenvalue weighted by atomic mass is 79.9. The summed E-state index contributed by atoms with van der Waals surface area (Å²) in [5.41, 5.74) is 1.38. The van der Waals surface area contributed by atoms with Gasteiger partial charge < -0.3 is 5.41 Å². The second-order valence-corrected chi connectivity index (χ2v) is 2.83. The van der Waals surface area contributed by atoms with Crippen LogP contribution in [-0.4, -0.2) is 14.1 Å². The first-order valence-corrected chi connectivity index (χ1v) is 3.59. The summed E-state index contributed by atoms with van der Waals surface area (Å²) in [7, 11) is 5.53. The minimum absolute atomic E-state index is 0.637. The minimum atomic E-state index is 0.637. The van der Waals surface area contributed by atoms with E-state index in [1.807, 2.05) is 12.1 Å². The van der Waals surface area contributed by atoms with E-state index >= 15 is 0 Å². The lowest BCUT2D eigenvalue weighted by molar-refractivity contribution is 1.54. The fourth-order valence-corrected chi connectivity index (χ4v) is 1.05. The zero-order valence-corrected chi connectivity index (χ0v) is 6.85. The van der Waals surface area contributed by atoms with Gasteiger partial charge in [-0.25, -0.2) is 0 Å². The molecule has 0 aliphatic rings. The molecule has 0 atom stereocenters. The number of hydrogen-bond donors (Lipinski definition) is 1. The molecular formula is C7H5BBrN. The van der Waals surface area contributed by atoms with Crippen LogP contribution in [0.2, 0.25) is 0 Å². The van der Waals surface area contributed by atoms with Gasteiger partial charge in [-0.15, -0.1) is 0 Å². The predicted octanol–water partition coefficient (Wildman–Crippen LogP) is 1.24. The van der Waals surface area contributed by atoms with Crippen molar-refractivity contribution >= 4 is 35.5 Å². The third kappa shape index (κ3) is 1.48. The van der Waals surface area contributed by atoms with E-state index in [-0.39, 0.29) is 0 Å². The van der Waals surface area contributed by atoms with Crippen LogP contribution in [0.1, 0.15) is 5.56 Å². The van der Waals surface area contributed by atoms with Crippen LogP contribution in [0, 0.1) is 5.41 Å². The molecule has 48 valence electrons. The second kappa shape index (κ2) is 3.02. The summed E-state index contributed by atoms with van der Waals surface area (Å²) in [4.78, 5) is 0. The van der Waals surface area contributed by atoms with Crippen molar-refractivity contribution in [1.82, 2.24) is 0 Å². The van der Waals surface area contributed by atoms with E-state index in [0.717, 1.165) is 10.0 Å². The molecule has 0 unspecified atom stereocenters. The number of nitrogens with one attached hydrogen (secondary N) is 1. The monoisotopic (exact) mass is 193 g/mol. The van der Waals surface area contributed by atoms with E-state index in [1.165, 1.54) is 6.21 Å². The SMILES string of the molecule is [B]c1ccc(Br)cc1C=N. The quantitative estimate of drug-likeness (QED) is 0.513. The molecule has 2 radical (unpaired) electrons. The third-order valence-electron chi connectivity index (χ3n) is 1.20. The molecule has 0 amide bonds. The van der Waals surface area contributed by atoms with Crippen molar-refractivity contribution in [2.45, 2.75) is 0 Å². The molecular weight excluding hydrogens is 189 g/mol. The van der Waals surface area contributed by atoms with Gasteiger partial charge in [0.2, 0.25) is 0 Å². The molecule has 1 nitrogen and oxygen atoms in total. The summed E-state index contributed by atoms with van der Waals surface area (Å²) < 4.78 is 0.945. The summed E-state index contributed by atoms with van der Waals surface area (Å²) in [6, 6.07) is 5.43. The van der Waals surface area contributed by atoms with Gasteiger partial charge in [0.1, 0.15) is 7.85 Å². The summed E-state index contributed by atoms with van der Waals surface area (Å²) in [6.45, 7) is 0. The summed E-state index contributed by atoms with van der Waals surface area (Å²) in [6.07, 6.45) is 1.24. The number of rotatable bonds is 1. The topological polar surface area (TPSA) is 23.9 Å². The first kappa shape index (κ1) is 7.54. The maximum absolute atomic E-state index is 6.96. The molecule has 0 aliphatic heterocycles. The molecule has 0 aliphatic carbocycles. The fraction of sp³-hybridized carbons (Fsp3) is 0. The van der Waals surface area contributed by atoms with E-state index in [9.17, 15) is 0 Å². The predicted molar refractivity (Wildman–Crippen MR) is 47.4 cm³/mol. The molecule has 1 N–H and O–H groups in total. The molecule has 0 aromatic heterocycles. The van der Waals surface area contributed by atoms with Crippen molar-refractivity contribution < 1.29 is 0 Å². The molecule has 10 heavy (non-hydrogen) atoms. The maximum Gasteiger partial charge on any atom is 0.114 e. The normalized spacial score (nSPS) is 9.30. The van der Waals surface area contributed by atoms with Crippen LogP contribution >= 0.6 is 15.9 Å². The molecule has 0 heterocycles. The Labute approximate surface area is 69.5 Å². The van der Waals surface area contributed by atoms with Crippen LogP contribution in [0.15, 0.2) is 22.7 Å². The first-order chi connectivity index (χ1) is 4.74. The molecule has 0 saturated carbocycles. The van der Waals surface area contributed by atoms with Crippen molar-refractivity contribution in [3.05, 3.63) is 28.2 Å². The highest BCUT2D eigenvalue weighted by Gasteiger charge is 1.92. The van der Waals surface area contributed by atoms with E-state index in [1.54, 1.807) is 6.07 Å². The molecule has 1 aromatic rings. The van der Waals surface area contributed by atoms with Gasteiger partial charge in [-0.05, 0) is 17.7 Å². The van der Waals surface area contributed by atoms with E-state index in [0.29, 0.717) is 5.46 Å². The Balaban J connectivity index is 3.21. The largest absolute Gasteiger partial charge is 0.308 e. The summed E-state index contributed by atoms with van der Waals surface area (Å²) in [5.74, 6) is 0. The van der Waals surface area contributed by atoms with Crippen molar-refractivity contribution in [2.24, 2.45) is 0 Å². The number of benzene rings is 1.